The average molecular weight is 491 g/mol. The molecule has 0 bridgehead atoms. The quantitative estimate of drug-likeness (QED) is 0.327. The number of carboxylic acid groups (broad SMARTS) is 1. The third kappa shape index (κ3) is 8.36. The molecule has 0 aromatic carbocycles. The van der Waals surface area contributed by atoms with Crippen LogP contribution in [0, 0.1) is 5.41 Å². The van der Waals surface area contributed by atoms with Gasteiger partial charge in [-0.3, -0.25) is 20.3 Å². The summed E-state index contributed by atoms with van der Waals surface area (Å²) in [7, 11) is 0. The van der Waals surface area contributed by atoms with E-state index in [4.69, 9.17) is 10.5 Å². The van der Waals surface area contributed by atoms with Crippen molar-refractivity contribution in [1.29, 1.82) is 5.41 Å². The standard InChI is InChI=1S/C19H25F3N6O4S/c1-2-12-9-13(17(33-12)25-11-26-18(32)24-4-3-15(30)31)16(23)28-7-5-27(6-8-28)14(29)10-19(20,21)22/h9,11,23H,2-8,10H2,1H3,(H,30,31)(H2,24,25,26,32). The van der Waals surface area contributed by atoms with Crippen LogP contribution in [-0.4, -0.2) is 83.9 Å². The maximum Gasteiger partial charge on any atom is 0.397 e. The van der Waals surface area contributed by atoms with Crippen LogP contribution >= 0.6 is 11.3 Å². The number of thiophene rings is 1. The maximum absolute atomic E-state index is 12.5. The zero-order chi connectivity index (χ0) is 24.6. The Labute approximate surface area is 192 Å². The molecular formula is C19H25F3N6O4S. The molecule has 1 aromatic heterocycles. The van der Waals surface area contributed by atoms with Crippen LogP contribution in [0.2, 0.25) is 0 Å². The number of aryl methyl sites for hydroxylation is 1. The minimum Gasteiger partial charge on any atom is -0.481 e. The van der Waals surface area contributed by atoms with Gasteiger partial charge in [0.1, 0.15) is 17.3 Å². The summed E-state index contributed by atoms with van der Waals surface area (Å²) in [5.41, 5.74) is 0.510. The van der Waals surface area contributed by atoms with Gasteiger partial charge >= 0.3 is 18.2 Å². The Hall–Kier alpha value is -3.16. The predicted molar refractivity (Wildman–Crippen MR) is 116 cm³/mol. The third-order valence-electron chi connectivity index (χ3n) is 4.67. The second kappa shape index (κ2) is 11.6. The molecule has 4 N–H and O–H groups in total. The van der Waals surface area contributed by atoms with Gasteiger partial charge < -0.3 is 20.2 Å². The number of piperazine rings is 1. The van der Waals surface area contributed by atoms with Gasteiger partial charge in [-0.2, -0.15) is 13.2 Å². The number of hydrogen-bond acceptors (Lipinski definition) is 6. The van der Waals surface area contributed by atoms with E-state index in [-0.39, 0.29) is 45.0 Å². The Morgan fingerprint density at radius 2 is 1.88 bits per heavy atom. The maximum atomic E-state index is 12.5. The van der Waals surface area contributed by atoms with Gasteiger partial charge in [-0.15, -0.1) is 11.3 Å². The van der Waals surface area contributed by atoms with Crippen LogP contribution in [0.3, 0.4) is 0 Å². The highest BCUT2D eigenvalue weighted by Crippen LogP contribution is 2.32. The molecule has 0 saturated carbocycles. The van der Waals surface area contributed by atoms with Crippen LogP contribution in [0.1, 0.15) is 30.2 Å². The van der Waals surface area contributed by atoms with Crippen molar-refractivity contribution in [3.05, 3.63) is 16.5 Å². The first-order valence-electron chi connectivity index (χ1n) is 10.1. The Balaban J connectivity index is 1.98. The topological polar surface area (TPSA) is 138 Å². The smallest absolute Gasteiger partial charge is 0.397 e. The molecule has 0 unspecified atom stereocenters. The van der Waals surface area contributed by atoms with Gasteiger partial charge in [0.25, 0.3) is 0 Å². The van der Waals surface area contributed by atoms with Crippen LogP contribution in [0.25, 0.3) is 0 Å². The van der Waals surface area contributed by atoms with E-state index in [0.29, 0.717) is 17.0 Å². The number of carboxylic acids is 1. The molecule has 0 aliphatic carbocycles. The first-order valence-corrected chi connectivity index (χ1v) is 10.9. The molecule has 0 spiro atoms. The molecule has 2 rings (SSSR count). The number of carbonyl (C=O) groups is 3. The summed E-state index contributed by atoms with van der Waals surface area (Å²) in [6.07, 6.45) is -4.42. The van der Waals surface area contributed by atoms with Crippen molar-refractivity contribution in [2.45, 2.75) is 32.4 Å². The lowest BCUT2D eigenvalue weighted by atomic mass is 10.2. The second-order valence-electron chi connectivity index (χ2n) is 7.10. The number of nitrogens with zero attached hydrogens (tertiary/aromatic N) is 3. The molecule has 10 nitrogen and oxygen atoms in total. The number of rotatable bonds is 8. The van der Waals surface area contributed by atoms with E-state index in [2.05, 4.69) is 15.6 Å². The summed E-state index contributed by atoms with van der Waals surface area (Å²) < 4.78 is 37.4. The van der Waals surface area contributed by atoms with E-state index < -0.39 is 30.5 Å². The van der Waals surface area contributed by atoms with Crippen molar-refractivity contribution < 1.29 is 32.7 Å². The molecule has 0 radical (unpaired) electrons. The zero-order valence-electron chi connectivity index (χ0n) is 17.9. The number of amides is 3. The fourth-order valence-corrected chi connectivity index (χ4v) is 3.93. The van der Waals surface area contributed by atoms with Gasteiger partial charge in [-0.1, -0.05) is 6.92 Å². The molecule has 182 valence electrons. The zero-order valence-corrected chi connectivity index (χ0v) is 18.7. The molecule has 1 fully saturated rings. The highest BCUT2D eigenvalue weighted by Gasteiger charge is 2.34. The van der Waals surface area contributed by atoms with Crippen molar-refractivity contribution in [2.24, 2.45) is 4.99 Å². The SMILES string of the molecule is CCc1cc(C(=N)N2CCN(C(=O)CC(F)(F)F)CC2)c(N=CNC(=O)NCCC(=O)O)s1. The van der Waals surface area contributed by atoms with E-state index in [1.54, 1.807) is 11.0 Å². The summed E-state index contributed by atoms with van der Waals surface area (Å²) in [5, 5.41) is 22.3. The highest BCUT2D eigenvalue weighted by atomic mass is 32.1. The van der Waals surface area contributed by atoms with Gasteiger partial charge in [0, 0.05) is 37.6 Å². The molecule has 14 heteroatoms. The van der Waals surface area contributed by atoms with Crippen LogP contribution in [-0.2, 0) is 16.0 Å². The molecule has 33 heavy (non-hydrogen) atoms. The summed E-state index contributed by atoms with van der Waals surface area (Å²) in [6.45, 7) is 2.49. The van der Waals surface area contributed by atoms with Crippen molar-refractivity contribution in [3.8, 4) is 0 Å². The highest BCUT2D eigenvalue weighted by molar-refractivity contribution is 7.16. The van der Waals surface area contributed by atoms with Gasteiger partial charge in [-0.05, 0) is 12.5 Å². The number of amidine groups is 1. The van der Waals surface area contributed by atoms with Crippen molar-refractivity contribution >= 4 is 46.4 Å². The summed E-state index contributed by atoms with van der Waals surface area (Å²) in [5.74, 6) is -1.88. The van der Waals surface area contributed by atoms with Crippen molar-refractivity contribution in [3.63, 3.8) is 0 Å². The molecular weight excluding hydrogens is 465 g/mol. The molecule has 1 aliphatic rings. The van der Waals surface area contributed by atoms with Crippen LogP contribution in [0.4, 0.5) is 23.0 Å². The minimum absolute atomic E-state index is 0.0403. The summed E-state index contributed by atoms with van der Waals surface area (Å²) in [6, 6.07) is 1.18. The Morgan fingerprint density at radius 3 is 2.45 bits per heavy atom. The molecule has 1 saturated heterocycles. The van der Waals surface area contributed by atoms with E-state index in [1.165, 1.54) is 11.3 Å². The van der Waals surface area contributed by atoms with Crippen LogP contribution < -0.4 is 10.6 Å². The number of aliphatic imine (C=N–C) groups is 1. The number of nitrogens with one attached hydrogen (secondary N) is 3. The Bertz CT molecular complexity index is 910. The fourth-order valence-electron chi connectivity index (χ4n) is 2.99. The summed E-state index contributed by atoms with van der Waals surface area (Å²) in [4.78, 5) is 41.9. The Morgan fingerprint density at radius 1 is 1.24 bits per heavy atom. The molecule has 3 amide bonds. The lowest BCUT2D eigenvalue weighted by molar-refractivity contribution is -0.162. The lowest BCUT2D eigenvalue weighted by Crippen LogP contribution is -2.51. The fraction of sp³-hybridized carbons (Fsp3) is 0.526. The van der Waals surface area contributed by atoms with E-state index in [9.17, 15) is 27.6 Å². The summed E-state index contributed by atoms with van der Waals surface area (Å²) >= 11 is 1.33. The second-order valence-corrected chi connectivity index (χ2v) is 8.21. The number of halogens is 3. The van der Waals surface area contributed by atoms with Gasteiger partial charge in [0.15, 0.2) is 0 Å². The number of carbonyl (C=O) groups excluding carboxylic acids is 2. The van der Waals surface area contributed by atoms with Gasteiger partial charge in [0.05, 0.1) is 18.3 Å². The normalized spacial score (nSPS) is 14.4. The molecule has 1 aliphatic heterocycles. The van der Waals surface area contributed by atoms with Gasteiger partial charge in [0.2, 0.25) is 5.91 Å². The monoisotopic (exact) mass is 490 g/mol. The van der Waals surface area contributed by atoms with E-state index in [0.717, 1.165) is 16.1 Å². The minimum atomic E-state index is -4.55. The van der Waals surface area contributed by atoms with E-state index >= 15 is 0 Å². The van der Waals surface area contributed by atoms with E-state index in [1.807, 2.05) is 6.92 Å². The largest absolute Gasteiger partial charge is 0.481 e. The van der Waals surface area contributed by atoms with Crippen molar-refractivity contribution in [2.75, 3.05) is 32.7 Å². The van der Waals surface area contributed by atoms with Crippen LogP contribution in [0.15, 0.2) is 11.1 Å². The number of urea groups is 1. The van der Waals surface area contributed by atoms with Gasteiger partial charge in [-0.25, -0.2) is 9.79 Å². The number of aliphatic carboxylic acids is 1. The first-order chi connectivity index (χ1) is 15.5. The first kappa shape index (κ1) is 26.1. The number of alkyl halides is 3. The molecule has 1 aromatic rings. The predicted octanol–water partition coefficient (Wildman–Crippen LogP) is 2.17. The lowest BCUT2D eigenvalue weighted by Gasteiger charge is -2.36. The van der Waals surface area contributed by atoms with Crippen molar-refractivity contribution in [1.82, 2.24) is 20.4 Å². The molecule has 2 heterocycles. The Kier molecular flexibility index (Phi) is 9.20. The average Bonchev–Trinajstić information content (AvgIpc) is 3.15. The van der Waals surface area contributed by atoms with Crippen LogP contribution in [0.5, 0.6) is 0 Å². The molecule has 0 atom stereocenters. The number of hydrogen-bond donors (Lipinski definition) is 4. The third-order valence-corrected chi connectivity index (χ3v) is 5.86.